The lowest BCUT2D eigenvalue weighted by molar-refractivity contribution is -0.699. The number of hydrogen-bond donors (Lipinski definition) is 0. The molecule has 0 fully saturated rings. The fraction of sp³-hybridized carbons (Fsp3) is 0.300. The first-order valence-electron chi connectivity index (χ1n) is 3.90. The van der Waals surface area contributed by atoms with Crippen molar-refractivity contribution in [1.82, 2.24) is 0 Å². The quantitative estimate of drug-likeness (QED) is 0.479. The van der Waals surface area contributed by atoms with Crippen LogP contribution in [0.25, 0.3) is 6.08 Å². The van der Waals surface area contributed by atoms with Gasteiger partial charge in [0.2, 0.25) is 0 Å². The minimum Gasteiger partial charge on any atom is -1.00 e. The van der Waals surface area contributed by atoms with E-state index in [9.17, 15) is 0 Å². The molecule has 2 heteroatoms. The summed E-state index contributed by atoms with van der Waals surface area (Å²) in [5, 5.41) is 0. The van der Waals surface area contributed by atoms with Gasteiger partial charge in [-0.2, -0.15) is 0 Å². The van der Waals surface area contributed by atoms with Crippen molar-refractivity contribution in [1.29, 1.82) is 0 Å². The number of hydrogen-bond acceptors (Lipinski definition) is 0. The van der Waals surface area contributed by atoms with Gasteiger partial charge in [-0.05, 0) is 13.0 Å². The Morgan fingerprint density at radius 1 is 1.50 bits per heavy atom. The van der Waals surface area contributed by atoms with Gasteiger partial charge in [-0.1, -0.05) is 12.7 Å². The van der Waals surface area contributed by atoms with E-state index in [2.05, 4.69) is 43.3 Å². The van der Waals surface area contributed by atoms with Crippen LogP contribution >= 0.6 is 0 Å². The second kappa shape index (κ2) is 5.30. The maximum atomic E-state index is 3.72. The van der Waals surface area contributed by atoms with Gasteiger partial charge >= 0.3 is 0 Å². The van der Waals surface area contributed by atoms with E-state index in [1.165, 1.54) is 11.3 Å². The molecule has 0 unspecified atom stereocenters. The van der Waals surface area contributed by atoms with Crippen LogP contribution in [-0.4, -0.2) is 0 Å². The topological polar surface area (TPSA) is 3.88 Å². The van der Waals surface area contributed by atoms with Gasteiger partial charge in [-0.15, -0.1) is 0 Å². The Kier molecular flexibility index (Phi) is 5.13. The van der Waals surface area contributed by atoms with Crippen molar-refractivity contribution >= 4 is 6.08 Å². The van der Waals surface area contributed by atoms with Gasteiger partial charge < -0.3 is 24.0 Å². The van der Waals surface area contributed by atoms with Crippen molar-refractivity contribution in [2.24, 2.45) is 0 Å². The third-order valence-corrected chi connectivity index (χ3v) is 1.85. The van der Waals surface area contributed by atoms with Crippen LogP contribution in [0.15, 0.2) is 24.9 Å². The van der Waals surface area contributed by atoms with E-state index >= 15 is 0 Å². The first kappa shape index (κ1) is 11.6. The molecule has 12 heavy (non-hydrogen) atoms. The zero-order valence-electron chi connectivity index (χ0n) is 7.55. The summed E-state index contributed by atoms with van der Waals surface area (Å²) >= 11 is 0. The molecule has 0 bridgehead atoms. The van der Waals surface area contributed by atoms with Gasteiger partial charge in [0.05, 0.1) is 0 Å². The van der Waals surface area contributed by atoms with Crippen LogP contribution in [0.4, 0.5) is 0 Å². The van der Waals surface area contributed by atoms with Crippen molar-refractivity contribution in [3.05, 3.63) is 36.2 Å². The van der Waals surface area contributed by atoms with Crippen LogP contribution in [-0.2, 0) is 6.54 Å². The molecule has 1 aromatic rings. The van der Waals surface area contributed by atoms with Crippen molar-refractivity contribution in [2.45, 2.75) is 20.4 Å². The number of aryl methyl sites for hydroxylation is 2. The molecule has 0 aliphatic carbocycles. The second-order valence-electron chi connectivity index (χ2n) is 2.59. The highest BCUT2D eigenvalue weighted by Gasteiger charge is 2.01. The summed E-state index contributed by atoms with van der Waals surface area (Å²) in [6, 6.07) is 4.19. The van der Waals surface area contributed by atoms with Gasteiger partial charge in [0.25, 0.3) is 0 Å². The monoisotopic (exact) mass is 275 g/mol. The summed E-state index contributed by atoms with van der Waals surface area (Å²) < 4.78 is 2.21. The maximum absolute atomic E-state index is 3.72. The molecule has 66 valence electrons. The molecule has 1 aromatic heterocycles. The highest BCUT2D eigenvalue weighted by Crippen LogP contribution is 1.98. The molecule has 0 aliphatic rings. The molecule has 0 spiro atoms. The number of nitrogens with zero attached hydrogens (tertiary/aromatic N) is 1. The minimum atomic E-state index is 0. The summed E-state index contributed by atoms with van der Waals surface area (Å²) in [6.45, 7) is 8.99. The third kappa shape index (κ3) is 2.59. The summed E-state index contributed by atoms with van der Waals surface area (Å²) in [4.78, 5) is 0. The number of aromatic nitrogens is 1. The molecule has 1 nitrogen and oxygen atoms in total. The third-order valence-electron chi connectivity index (χ3n) is 1.85. The van der Waals surface area contributed by atoms with Gasteiger partial charge in [-0.3, -0.25) is 0 Å². The zero-order valence-corrected chi connectivity index (χ0v) is 9.71. The summed E-state index contributed by atoms with van der Waals surface area (Å²) in [5.41, 5.74) is 2.47. The van der Waals surface area contributed by atoms with Crippen molar-refractivity contribution in [2.75, 3.05) is 0 Å². The highest BCUT2D eigenvalue weighted by molar-refractivity contribution is 5.43. The molecular formula is C10H14IN. The second-order valence-corrected chi connectivity index (χ2v) is 2.59. The fourth-order valence-electron chi connectivity index (χ4n) is 1.10. The predicted molar refractivity (Wildman–Crippen MR) is 47.1 cm³/mol. The van der Waals surface area contributed by atoms with Crippen LogP contribution in [0.2, 0.25) is 0 Å². The first-order chi connectivity index (χ1) is 5.27. The maximum Gasteiger partial charge on any atom is 0.178 e. The molecule has 0 saturated heterocycles. The summed E-state index contributed by atoms with van der Waals surface area (Å²) in [5.74, 6) is 0. The molecule has 0 aliphatic heterocycles. The number of rotatable bonds is 2. The molecule has 0 N–H and O–H groups in total. The number of pyridine rings is 1. The van der Waals surface area contributed by atoms with Crippen LogP contribution in [0.5, 0.6) is 0 Å². The zero-order chi connectivity index (χ0) is 8.27. The van der Waals surface area contributed by atoms with Gasteiger partial charge in [0.1, 0.15) is 6.54 Å². The molecule has 0 atom stereocenters. The van der Waals surface area contributed by atoms with E-state index in [0.717, 1.165) is 6.54 Å². The molecule has 0 radical (unpaired) electrons. The highest BCUT2D eigenvalue weighted by atomic mass is 127. The standard InChI is InChI=1S/C10H14N.HI/c1-4-10-7-6-9(3)11(5-2)8-10;/h4,6-8H,1,5H2,2-3H3;1H/q+1;/p-1. The van der Waals surface area contributed by atoms with Crippen LogP contribution < -0.4 is 28.5 Å². The Morgan fingerprint density at radius 2 is 2.17 bits per heavy atom. The van der Waals surface area contributed by atoms with Crippen molar-refractivity contribution < 1.29 is 28.5 Å². The van der Waals surface area contributed by atoms with Gasteiger partial charge in [0, 0.05) is 18.6 Å². The molecular weight excluding hydrogens is 261 g/mol. The minimum absolute atomic E-state index is 0. The predicted octanol–water partition coefficient (Wildman–Crippen LogP) is -1.05. The van der Waals surface area contributed by atoms with Gasteiger partial charge in [0.15, 0.2) is 11.9 Å². The lowest BCUT2D eigenvalue weighted by atomic mass is 10.2. The Balaban J connectivity index is 0.00000121. The van der Waals surface area contributed by atoms with E-state index in [-0.39, 0.29) is 24.0 Å². The normalized spacial score (nSPS) is 8.83. The molecule has 1 heterocycles. The van der Waals surface area contributed by atoms with Crippen LogP contribution in [0, 0.1) is 6.92 Å². The van der Waals surface area contributed by atoms with Crippen molar-refractivity contribution in [3.63, 3.8) is 0 Å². The Hall–Kier alpha value is -0.380. The Bertz CT molecular complexity index is 269. The Labute approximate surface area is 91.1 Å². The lowest BCUT2D eigenvalue weighted by Gasteiger charge is -1.96. The molecule has 0 saturated carbocycles. The fourth-order valence-corrected chi connectivity index (χ4v) is 1.10. The molecule has 1 rings (SSSR count). The summed E-state index contributed by atoms with van der Waals surface area (Å²) in [7, 11) is 0. The average molecular weight is 275 g/mol. The molecule has 0 amide bonds. The van der Waals surface area contributed by atoms with E-state index in [4.69, 9.17) is 0 Å². The molecule has 0 aromatic carbocycles. The number of halogens is 1. The van der Waals surface area contributed by atoms with Crippen LogP contribution in [0.3, 0.4) is 0 Å². The largest absolute Gasteiger partial charge is 1.00 e. The van der Waals surface area contributed by atoms with Crippen molar-refractivity contribution in [3.8, 4) is 0 Å². The van der Waals surface area contributed by atoms with E-state index < -0.39 is 0 Å². The Morgan fingerprint density at radius 3 is 2.67 bits per heavy atom. The van der Waals surface area contributed by atoms with E-state index in [0.29, 0.717) is 0 Å². The first-order valence-corrected chi connectivity index (χ1v) is 3.90. The SMILES string of the molecule is C=Cc1ccc(C)[n+](CC)c1.[I-]. The average Bonchev–Trinajstić information content (AvgIpc) is 2.05. The van der Waals surface area contributed by atoms with Crippen LogP contribution in [0.1, 0.15) is 18.2 Å². The van der Waals surface area contributed by atoms with E-state index in [1.54, 1.807) is 0 Å². The summed E-state index contributed by atoms with van der Waals surface area (Å²) in [6.07, 6.45) is 3.98. The lowest BCUT2D eigenvalue weighted by Crippen LogP contribution is -3.00. The smallest absolute Gasteiger partial charge is 0.178 e. The van der Waals surface area contributed by atoms with Gasteiger partial charge in [-0.25, -0.2) is 4.57 Å². The van der Waals surface area contributed by atoms with E-state index in [1.807, 2.05) is 6.08 Å².